The van der Waals surface area contributed by atoms with Gasteiger partial charge >= 0.3 is 0 Å². The smallest absolute Gasteiger partial charge is 0.191 e. The van der Waals surface area contributed by atoms with Crippen molar-refractivity contribution in [2.75, 3.05) is 0 Å². The van der Waals surface area contributed by atoms with Crippen LogP contribution in [0.25, 0.3) is 0 Å². The third-order valence-electron chi connectivity index (χ3n) is 14.4. The van der Waals surface area contributed by atoms with Gasteiger partial charge in [-0.3, -0.25) is 9.59 Å². The number of nitrogens with one attached hydrogen (secondary N) is 2. The maximum atomic E-state index is 13.7. The second-order valence-electron chi connectivity index (χ2n) is 24.2. The van der Waals surface area contributed by atoms with Crippen molar-refractivity contribution in [1.82, 2.24) is 10.6 Å². The average Bonchev–Trinajstić information content (AvgIpc) is 3.40. The number of ketones is 2. The topological polar surface area (TPSA) is 98.7 Å². The molecular weight excluding hydrogens is 981 g/mol. The zero-order chi connectivity index (χ0) is 55.1. The number of Topliss-reactive ketones (excluding diaryl/α,β-unsaturated/α-hetero) is 2. The van der Waals surface area contributed by atoms with Crippen LogP contribution in [-0.4, -0.2) is 21.8 Å². The summed E-state index contributed by atoms with van der Waals surface area (Å²) in [5.74, 6) is 0.0144. The number of carbonyl (C=O) groups is 2. The van der Waals surface area contributed by atoms with Crippen molar-refractivity contribution in [3.8, 4) is 0 Å². The summed E-state index contributed by atoms with van der Waals surface area (Å²) in [6.45, 7) is 25.4. The Morgan fingerprint density at radius 2 is 0.584 bits per heavy atom. The molecule has 4 N–H and O–H groups in total. The quantitative estimate of drug-likeness (QED) is 0.0720. The molecule has 0 spiro atoms. The van der Waals surface area contributed by atoms with Gasteiger partial charge in [0.25, 0.3) is 0 Å². The molecule has 0 heterocycles. The number of rotatable bonds is 12. The minimum absolute atomic E-state index is 0. The van der Waals surface area contributed by atoms with Crippen LogP contribution in [0.3, 0.4) is 0 Å². The fourth-order valence-electron chi connectivity index (χ4n) is 9.82. The molecule has 0 aromatic heterocycles. The molecule has 0 saturated carbocycles. The van der Waals surface area contributed by atoms with E-state index in [1.54, 1.807) is 12.4 Å². The molecule has 2 aliphatic carbocycles. The Morgan fingerprint density at radius 1 is 0.351 bits per heavy atom. The Labute approximate surface area is 474 Å². The number of hydrogen-bond donors (Lipinski definition) is 4. The molecule has 396 valence electrons. The Hall–Kier alpha value is -6.67. The number of carbonyl (C=O) groups excluding carboxylic acids is 2. The second-order valence-corrected chi connectivity index (χ2v) is 24.2. The molecule has 0 amide bonds. The van der Waals surface area contributed by atoms with E-state index in [4.69, 9.17) is 0 Å². The summed E-state index contributed by atoms with van der Waals surface area (Å²) in [6.07, 6.45) is 11.7. The first-order chi connectivity index (χ1) is 35.8. The third-order valence-corrected chi connectivity index (χ3v) is 14.4. The van der Waals surface area contributed by atoms with Crippen molar-refractivity contribution >= 4 is 11.6 Å². The minimum atomic E-state index is -1.40. The Bertz CT molecular complexity index is 2850. The van der Waals surface area contributed by atoms with E-state index in [0.717, 1.165) is 55.7 Å². The van der Waals surface area contributed by atoms with Crippen LogP contribution in [0.4, 0.5) is 0 Å². The van der Waals surface area contributed by atoms with Crippen LogP contribution in [-0.2, 0) is 42.5 Å². The number of hydrogen-bond acceptors (Lipinski definition) is 6. The zero-order valence-electron chi connectivity index (χ0n) is 47.2. The van der Waals surface area contributed by atoms with E-state index in [-0.39, 0.29) is 54.9 Å². The van der Waals surface area contributed by atoms with E-state index >= 15 is 0 Å². The maximum absolute atomic E-state index is 13.7. The van der Waals surface area contributed by atoms with Gasteiger partial charge in [-0.25, -0.2) is 0 Å². The molecule has 7 heteroatoms. The minimum Gasteiger partial charge on any atom is -0.380 e. The van der Waals surface area contributed by atoms with Crippen molar-refractivity contribution < 1.29 is 41.5 Å². The number of benzene rings is 6. The summed E-state index contributed by atoms with van der Waals surface area (Å²) >= 11 is 0. The van der Waals surface area contributed by atoms with Crippen LogP contribution in [0, 0.1) is 21.7 Å². The van der Waals surface area contributed by atoms with Crippen molar-refractivity contribution in [3.05, 3.63) is 286 Å². The maximum Gasteiger partial charge on any atom is 0.191 e. The molecule has 0 unspecified atom stereocenters. The van der Waals surface area contributed by atoms with E-state index < -0.39 is 23.3 Å². The summed E-state index contributed by atoms with van der Waals surface area (Å²) in [5, 5.41) is 32.3. The third kappa shape index (κ3) is 13.7. The number of allylic oxidation sites excluding steroid dienone is 10. The van der Waals surface area contributed by atoms with Crippen LogP contribution in [0.1, 0.15) is 129 Å². The van der Waals surface area contributed by atoms with Crippen molar-refractivity contribution in [2.24, 2.45) is 21.7 Å². The molecule has 2 atom stereocenters. The molecular formula is C70H78N2O4Ti. The molecule has 0 saturated heterocycles. The van der Waals surface area contributed by atoms with E-state index in [1.807, 2.05) is 194 Å². The van der Waals surface area contributed by atoms with E-state index in [2.05, 4.69) is 106 Å². The van der Waals surface area contributed by atoms with Crippen LogP contribution >= 0.6 is 0 Å². The van der Waals surface area contributed by atoms with E-state index in [1.165, 1.54) is 0 Å². The van der Waals surface area contributed by atoms with Crippen LogP contribution in [0.2, 0.25) is 0 Å². The largest absolute Gasteiger partial charge is 0.380 e. The molecule has 0 bridgehead atoms. The fourth-order valence-corrected chi connectivity index (χ4v) is 9.82. The summed E-state index contributed by atoms with van der Waals surface area (Å²) < 4.78 is 0. The Kier molecular flexibility index (Phi) is 18.8. The second kappa shape index (κ2) is 24.3. The number of aliphatic hydroxyl groups is 2. The van der Waals surface area contributed by atoms with Crippen LogP contribution < -0.4 is 10.6 Å². The predicted molar refractivity (Wildman–Crippen MR) is 313 cm³/mol. The monoisotopic (exact) mass is 1060 g/mol. The molecule has 6 nitrogen and oxygen atoms in total. The molecule has 8 rings (SSSR count). The first kappa shape index (κ1) is 59.6. The Morgan fingerprint density at radius 3 is 0.805 bits per heavy atom. The van der Waals surface area contributed by atoms with Gasteiger partial charge in [-0.2, -0.15) is 0 Å². The SMILES string of the molecule is CC(C)(C)C1=C/C(=C/N[C@H](c2ccccc2)C(O)(c2ccccc2)c2ccccc2)C(=O)C(C(C)(C)C)=C1.CC(C)(C)C1=C/C(=C/N[C@H](c2ccccc2)C(O)(c2ccccc2)c2ccccc2)C(=O)C(C(C)(C)C)=C1.[Ti]. The molecule has 0 aliphatic heterocycles. The molecule has 77 heavy (non-hydrogen) atoms. The van der Waals surface area contributed by atoms with Gasteiger partial charge in [-0.1, -0.05) is 277 Å². The summed E-state index contributed by atoms with van der Waals surface area (Å²) in [5.41, 5.74) is 6.20. The van der Waals surface area contributed by atoms with Gasteiger partial charge in [0.05, 0.1) is 12.1 Å². The van der Waals surface area contributed by atoms with Crippen LogP contribution in [0.15, 0.2) is 252 Å². The van der Waals surface area contributed by atoms with Gasteiger partial charge < -0.3 is 20.8 Å². The molecule has 6 aromatic rings. The van der Waals surface area contributed by atoms with Crippen molar-refractivity contribution in [3.63, 3.8) is 0 Å². The van der Waals surface area contributed by atoms with Gasteiger partial charge in [0.1, 0.15) is 11.2 Å². The van der Waals surface area contributed by atoms with Gasteiger partial charge in [-0.05, 0) is 78.3 Å². The van der Waals surface area contributed by atoms with E-state index in [0.29, 0.717) is 11.1 Å². The molecule has 2 aliphatic rings. The average molecular weight is 1060 g/mol. The first-order valence-electron chi connectivity index (χ1n) is 26.5. The first-order valence-corrected chi connectivity index (χ1v) is 26.5. The van der Waals surface area contributed by atoms with Gasteiger partial charge in [0.15, 0.2) is 11.6 Å². The fraction of sp³-hybridized carbons (Fsp3) is 0.286. The van der Waals surface area contributed by atoms with Gasteiger partial charge in [0.2, 0.25) is 0 Å². The van der Waals surface area contributed by atoms with Crippen molar-refractivity contribution in [1.29, 1.82) is 0 Å². The predicted octanol–water partition coefficient (Wildman–Crippen LogP) is 15.3. The van der Waals surface area contributed by atoms with Crippen molar-refractivity contribution in [2.45, 2.75) is 106 Å². The zero-order valence-corrected chi connectivity index (χ0v) is 48.7. The van der Waals surface area contributed by atoms with Gasteiger partial charge in [0, 0.05) is 56.4 Å². The van der Waals surface area contributed by atoms with E-state index in [9.17, 15) is 19.8 Å². The summed E-state index contributed by atoms with van der Waals surface area (Å²) in [7, 11) is 0. The normalized spacial score (nSPS) is 16.4. The molecule has 0 fully saturated rings. The summed E-state index contributed by atoms with van der Waals surface area (Å²) in [4.78, 5) is 27.4. The van der Waals surface area contributed by atoms with Gasteiger partial charge in [-0.15, -0.1) is 0 Å². The Balaban J connectivity index is 0.000000246. The summed E-state index contributed by atoms with van der Waals surface area (Å²) in [6, 6.07) is 57.6. The van der Waals surface area contributed by atoms with Crippen LogP contribution in [0.5, 0.6) is 0 Å². The standard InChI is InChI=1S/2C35H39NO2.Ti/c2*1-33(2,3)29-22-26(31(37)30(23-29)34(4,5)6)24-36-32(25-16-10-7-11-17-25)35(38,27-18-12-8-13-19-27)28-20-14-9-15-21-28;/h2*7-24,32,36,38H,1-6H3;/b2*26-24-;/t2*32-;/m11./s1. The molecule has 6 aromatic carbocycles. The molecule has 0 radical (unpaired) electrons.